The lowest BCUT2D eigenvalue weighted by Gasteiger charge is -2.15. The van der Waals surface area contributed by atoms with Crippen molar-refractivity contribution in [2.45, 2.75) is 50.8 Å². The number of hydrogen-bond acceptors (Lipinski definition) is 5. The number of hydrogen-bond donors (Lipinski definition) is 0. The van der Waals surface area contributed by atoms with E-state index in [0.29, 0.717) is 28.6 Å². The first kappa shape index (κ1) is 20.9. The molecule has 1 aliphatic heterocycles. The molecule has 6 nitrogen and oxygen atoms in total. The molecule has 1 aromatic heterocycles. The maximum absolute atomic E-state index is 13.0. The molecule has 1 unspecified atom stereocenters. The summed E-state index contributed by atoms with van der Waals surface area (Å²) >= 11 is 1.26. The fourth-order valence-electron chi connectivity index (χ4n) is 3.63. The minimum atomic E-state index is -0.566. The maximum atomic E-state index is 13.0. The first-order chi connectivity index (χ1) is 13.9. The van der Waals surface area contributed by atoms with Gasteiger partial charge in [0.15, 0.2) is 5.69 Å². The van der Waals surface area contributed by atoms with E-state index < -0.39 is 5.25 Å². The third kappa shape index (κ3) is 3.99. The van der Waals surface area contributed by atoms with Crippen LogP contribution in [0.5, 0.6) is 5.75 Å². The third-order valence-corrected chi connectivity index (χ3v) is 6.24. The molecule has 1 atom stereocenters. The number of aromatic amines is 1. The first-order valence-corrected chi connectivity index (χ1v) is 10.5. The Balaban J connectivity index is 1.86. The molecule has 1 saturated heterocycles. The van der Waals surface area contributed by atoms with Gasteiger partial charge in [-0.3, -0.25) is 9.59 Å². The van der Waals surface area contributed by atoms with Gasteiger partial charge in [-0.1, -0.05) is 6.92 Å². The number of thioether (sulfide) groups is 1. The molecule has 2 amide bonds. The number of ether oxygens (including phenoxy) is 1. The van der Waals surface area contributed by atoms with Gasteiger partial charge in [0.05, 0.1) is 12.3 Å². The van der Waals surface area contributed by atoms with Crippen molar-refractivity contribution in [1.29, 1.82) is 5.26 Å². The van der Waals surface area contributed by atoms with Crippen LogP contribution in [0.2, 0.25) is 0 Å². The molecule has 7 heteroatoms. The molecule has 2 heterocycles. The predicted molar refractivity (Wildman–Crippen MR) is 111 cm³/mol. The summed E-state index contributed by atoms with van der Waals surface area (Å²) in [5, 5.41) is 9.72. The summed E-state index contributed by atoms with van der Waals surface area (Å²) in [4.78, 5) is 30.0. The molecule has 1 aliphatic rings. The zero-order chi connectivity index (χ0) is 21.1. The van der Waals surface area contributed by atoms with Gasteiger partial charge in [0.2, 0.25) is 11.8 Å². The predicted octanol–water partition coefficient (Wildman–Crippen LogP) is 3.37. The Morgan fingerprint density at radius 3 is 2.52 bits per heavy atom. The zero-order valence-electron chi connectivity index (χ0n) is 17.0. The molecule has 0 aliphatic carbocycles. The van der Waals surface area contributed by atoms with Gasteiger partial charge in [0, 0.05) is 18.9 Å². The van der Waals surface area contributed by atoms with Crippen molar-refractivity contribution in [3.8, 4) is 11.8 Å². The van der Waals surface area contributed by atoms with E-state index in [1.807, 2.05) is 27.7 Å². The Morgan fingerprint density at radius 1 is 1.24 bits per heavy atom. The number of carbonyl (C=O) groups excluding carboxylic acids is 2. The van der Waals surface area contributed by atoms with E-state index >= 15 is 0 Å². The smallest absolute Gasteiger partial charge is 0.257 e. The standard InChI is InChI=1S/C22H23N3O3S/c1-5-17-13(3)18(12-23)21(24-14(17)4)29-19-11-20(26)25(22(19)27)15-7-9-16(10-8-15)28-6-2/h7-10,19H,5-6,11H2,1-4H3/p+1. The van der Waals surface area contributed by atoms with Gasteiger partial charge in [-0.2, -0.15) is 5.26 Å². The average Bonchev–Trinajstić information content (AvgIpc) is 2.96. The van der Waals surface area contributed by atoms with E-state index in [9.17, 15) is 14.9 Å². The van der Waals surface area contributed by atoms with E-state index in [1.54, 1.807) is 24.3 Å². The van der Waals surface area contributed by atoms with Crippen molar-refractivity contribution in [2.24, 2.45) is 0 Å². The molecule has 150 valence electrons. The van der Waals surface area contributed by atoms with E-state index in [1.165, 1.54) is 16.7 Å². The minimum Gasteiger partial charge on any atom is -0.494 e. The van der Waals surface area contributed by atoms with Gasteiger partial charge in [0.25, 0.3) is 5.03 Å². The van der Waals surface area contributed by atoms with Gasteiger partial charge in [-0.15, -0.1) is 0 Å². The molecular weight excluding hydrogens is 386 g/mol. The van der Waals surface area contributed by atoms with Crippen LogP contribution in [0.3, 0.4) is 0 Å². The zero-order valence-corrected chi connectivity index (χ0v) is 17.9. The first-order valence-electron chi connectivity index (χ1n) is 9.62. The third-order valence-electron chi connectivity index (χ3n) is 5.05. The van der Waals surface area contributed by atoms with Gasteiger partial charge in [-0.05, 0) is 61.9 Å². The van der Waals surface area contributed by atoms with Crippen LogP contribution in [-0.4, -0.2) is 23.7 Å². The number of benzene rings is 1. The molecule has 1 N–H and O–H groups in total. The summed E-state index contributed by atoms with van der Waals surface area (Å²) in [6.45, 7) is 8.38. The Hall–Kier alpha value is -2.85. The lowest BCUT2D eigenvalue weighted by Crippen LogP contribution is -2.31. The molecule has 3 rings (SSSR count). The number of nitrogens with zero attached hydrogens (tertiary/aromatic N) is 2. The van der Waals surface area contributed by atoms with E-state index in [2.05, 4.69) is 11.1 Å². The van der Waals surface area contributed by atoms with Crippen molar-refractivity contribution >= 4 is 29.3 Å². The highest BCUT2D eigenvalue weighted by Crippen LogP contribution is 2.35. The van der Waals surface area contributed by atoms with Gasteiger partial charge < -0.3 is 4.74 Å². The molecule has 1 fully saturated rings. The molecule has 0 saturated carbocycles. The molecule has 1 aromatic carbocycles. The van der Waals surface area contributed by atoms with Crippen LogP contribution in [0, 0.1) is 25.2 Å². The number of aryl methyl sites for hydroxylation is 1. The van der Waals surface area contributed by atoms with E-state index in [-0.39, 0.29) is 18.2 Å². The maximum Gasteiger partial charge on any atom is 0.257 e. The highest BCUT2D eigenvalue weighted by molar-refractivity contribution is 8.00. The number of nitriles is 1. The lowest BCUT2D eigenvalue weighted by molar-refractivity contribution is -0.436. The Labute approximate surface area is 174 Å². The number of aromatic nitrogens is 1. The average molecular weight is 411 g/mol. The van der Waals surface area contributed by atoms with E-state index in [0.717, 1.165) is 23.2 Å². The summed E-state index contributed by atoms with van der Waals surface area (Å²) in [5.41, 5.74) is 4.08. The summed E-state index contributed by atoms with van der Waals surface area (Å²) in [6, 6.07) is 9.17. The summed E-state index contributed by atoms with van der Waals surface area (Å²) in [7, 11) is 0. The SMILES string of the molecule is CCOc1ccc(N2C(=O)CC(Sc3[nH+]c(C)c(CC)c(C)c3C#N)C2=O)cc1. The van der Waals surface area contributed by atoms with Crippen molar-refractivity contribution in [3.63, 3.8) is 0 Å². The number of amides is 2. The van der Waals surface area contributed by atoms with Crippen LogP contribution in [0.15, 0.2) is 29.3 Å². The van der Waals surface area contributed by atoms with Crippen molar-refractivity contribution in [3.05, 3.63) is 46.6 Å². The van der Waals surface area contributed by atoms with Gasteiger partial charge >= 0.3 is 0 Å². The highest BCUT2D eigenvalue weighted by Gasteiger charge is 2.42. The molecular formula is C22H24N3O3S+. The molecule has 0 bridgehead atoms. The largest absolute Gasteiger partial charge is 0.494 e. The Bertz CT molecular complexity index is 996. The second-order valence-electron chi connectivity index (χ2n) is 6.83. The fourth-order valence-corrected chi connectivity index (χ4v) is 4.88. The van der Waals surface area contributed by atoms with Crippen LogP contribution in [0.4, 0.5) is 5.69 Å². The number of carbonyl (C=O) groups is 2. The van der Waals surface area contributed by atoms with Crippen molar-refractivity contribution in [2.75, 3.05) is 11.5 Å². The van der Waals surface area contributed by atoms with E-state index in [4.69, 9.17) is 4.74 Å². The van der Waals surface area contributed by atoms with Gasteiger partial charge in [-0.25, -0.2) is 9.88 Å². The number of imide groups is 1. The molecule has 29 heavy (non-hydrogen) atoms. The summed E-state index contributed by atoms with van der Waals surface area (Å²) in [6.07, 6.45) is 0.920. The fraction of sp³-hybridized carbons (Fsp3) is 0.364. The number of pyridine rings is 1. The van der Waals surface area contributed by atoms with Crippen LogP contribution in [-0.2, 0) is 16.0 Å². The van der Waals surface area contributed by atoms with Crippen LogP contribution >= 0.6 is 11.8 Å². The quantitative estimate of drug-likeness (QED) is 0.682. The molecule has 0 spiro atoms. The van der Waals surface area contributed by atoms with Crippen LogP contribution < -0.4 is 14.6 Å². The molecule has 0 radical (unpaired) electrons. The summed E-state index contributed by atoms with van der Waals surface area (Å²) < 4.78 is 5.42. The highest BCUT2D eigenvalue weighted by atomic mass is 32.2. The summed E-state index contributed by atoms with van der Waals surface area (Å²) in [5.74, 6) is 0.182. The minimum absolute atomic E-state index is 0.100. The van der Waals surface area contributed by atoms with Crippen molar-refractivity contribution in [1.82, 2.24) is 0 Å². The van der Waals surface area contributed by atoms with Crippen molar-refractivity contribution < 1.29 is 19.3 Å². The second-order valence-corrected chi connectivity index (χ2v) is 8.04. The Morgan fingerprint density at radius 2 is 1.93 bits per heavy atom. The second kappa shape index (κ2) is 8.66. The lowest BCUT2D eigenvalue weighted by atomic mass is 10.0. The Kier molecular flexibility index (Phi) is 6.23. The number of anilines is 1. The van der Waals surface area contributed by atoms with Crippen LogP contribution in [0.1, 0.15) is 42.7 Å². The monoisotopic (exact) mass is 410 g/mol. The normalized spacial score (nSPS) is 16.2. The number of rotatable bonds is 6. The number of nitrogens with one attached hydrogen (secondary N) is 1. The topological polar surface area (TPSA) is 84.5 Å². The van der Waals surface area contributed by atoms with Gasteiger partial charge in [0.1, 0.15) is 22.6 Å². The van der Waals surface area contributed by atoms with Crippen LogP contribution in [0.25, 0.3) is 0 Å². The number of H-pyrrole nitrogens is 1. The molecule has 2 aromatic rings.